The molecule has 0 saturated carbocycles. The van der Waals surface area contributed by atoms with E-state index >= 15 is 0 Å². The number of thiophene rings is 1. The third-order valence-electron chi connectivity index (χ3n) is 5.59. The molecule has 8 heteroatoms. The molecule has 0 amide bonds. The number of piperazine rings is 1. The summed E-state index contributed by atoms with van der Waals surface area (Å²) in [6.07, 6.45) is 0. The highest BCUT2D eigenvalue weighted by molar-refractivity contribution is 7.94. The molecule has 0 bridgehead atoms. The summed E-state index contributed by atoms with van der Waals surface area (Å²) in [7, 11) is -2.07. The first-order chi connectivity index (χ1) is 15.3. The molecule has 2 atom stereocenters. The second-order valence-electron chi connectivity index (χ2n) is 8.30. The lowest BCUT2D eigenvalue weighted by Crippen LogP contribution is -2.54. The standard InChI is InChI=1S/C24H29N3O3S2/c1-16-7-5-6-8-20(16)23-11-12-24(31-23)32(28,29)26-19-9-10-22(30-4)21(13-19)27-14-17(2)25-18(3)15-27/h5-13,17-18,25-26H,14-15H2,1-4H3. The first-order valence-corrected chi connectivity index (χ1v) is 12.9. The Morgan fingerprint density at radius 3 is 2.47 bits per heavy atom. The SMILES string of the molecule is COc1ccc(NS(=O)(=O)c2ccc(-c3ccccc3C)s2)cc1N1CC(C)NC(C)C1. The number of aryl methyl sites for hydroxylation is 1. The van der Waals surface area contributed by atoms with Gasteiger partial charge in [-0.3, -0.25) is 4.72 Å². The van der Waals surface area contributed by atoms with Gasteiger partial charge in [0.05, 0.1) is 18.5 Å². The third-order valence-corrected chi connectivity index (χ3v) is 8.58. The van der Waals surface area contributed by atoms with E-state index in [4.69, 9.17) is 4.74 Å². The van der Waals surface area contributed by atoms with Gasteiger partial charge in [-0.2, -0.15) is 0 Å². The van der Waals surface area contributed by atoms with Crippen LogP contribution in [0.5, 0.6) is 5.75 Å². The van der Waals surface area contributed by atoms with Crippen molar-refractivity contribution in [3.63, 3.8) is 0 Å². The molecular weight excluding hydrogens is 442 g/mol. The number of nitrogens with one attached hydrogen (secondary N) is 2. The van der Waals surface area contributed by atoms with Gasteiger partial charge in [-0.25, -0.2) is 8.42 Å². The fourth-order valence-corrected chi connectivity index (χ4v) is 6.63. The van der Waals surface area contributed by atoms with E-state index in [0.29, 0.717) is 17.8 Å². The summed E-state index contributed by atoms with van der Waals surface area (Å²) in [6, 6.07) is 17.6. The highest BCUT2D eigenvalue weighted by Crippen LogP contribution is 2.36. The Bertz CT molecular complexity index is 1200. The maximum absolute atomic E-state index is 13.1. The molecule has 4 rings (SSSR count). The lowest BCUT2D eigenvalue weighted by atomic mass is 10.1. The minimum absolute atomic E-state index is 0.289. The first-order valence-electron chi connectivity index (χ1n) is 10.6. The average molecular weight is 472 g/mol. The zero-order valence-electron chi connectivity index (χ0n) is 18.8. The molecule has 2 unspecified atom stereocenters. The van der Waals surface area contributed by atoms with Gasteiger partial charge in [-0.05, 0) is 62.2 Å². The molecule has 2 aromatic carbocycles. The minimum Gasteiger partial charge on any atom is -0.495 e. The van der Waals surface area contributed by atoms with Gasteiger partial charge < -0.3 is 15.0 Å². The van der Waals surface area contributed by atoms with Crippen LogP contribution in [0.1, 0.15) is 19.4 Å². The maximum atomic E-state index is 13.1. The van der Waals surface area contributed by atoms with Gasteiger partial charge in [0.15, 0.2) is 0 Å². The number of nitrogens with zero attached hydrogens (tertiary/aromatic N) is 1. The molecule has 1 aliphatic heterocycles. The Kier molecular flexibility index (Phi) is 6.46. The van der Waals surface area contributed by atoms with E-state index in [2.05, 4.69) is 28.8 Å². The zero-order chi connectivity index (χ0) is 22.9. The molecule has 0 spiro atoms. The Labute approximate surface area is 194 Å². The summed E-state index contributed by atoms with van der Waals surface area (Å²) < 4.78 is 34.8. The van der Waals surface area contributed by atoms with Crippen molar-refractivity contribution in [1.82, 2.24) is 5.32 Å². The van der Waals surface area contributed by atoms with Crippen molar-refractivity contribution in [3.05, 3.63) is 60.2 Å². The van der Waals surface area contributed by atoms with E-state index in [9.17, 15) is 8.42 Å². The first kappa shape index (κ1) is 22.6. The third kappa shape index (κ3) is 4.77. The monoisotopic (exact) mass is 471 g/mol. The van der Waals surface area contributed by atoms with Crippen molar-refractivity contribution in [1.29, 1.82) is 0 Å². The molecule has 3 aromatic rings. The van der Waals surface area contributed by atoms with Gasteiger partial charge in [0.25, 0.3) is 10.0 Å². The van der Waals surface area contributed by atoms with Crippen molar-refractivity contribution in [2.45, 2.75) is 37.1 Å². The van der Waals surface area contributed by atoms with Crippen molar-refractivity contribution in [3.8, 4) is 16.2 Å². The quantitative estimate of drug-likeness (QED) is 0.544. The molecule has 2 heterocycles. The van der Waals surface area contributed by atoms with Crippen LogP contribution in [0.3, 0.4) is 0 Å². The van der Waals surface area contributed by atoms with Gasteiger partial charge in [0.1, 0.15) is 9.96 Å². The largest absolute Gasteiger partial charge is 0.495 e. The molecular formula is C24H29N3O3S2. The van der Waals surface area contributed by atoms with Crippen LogP contribution in [0.25, 0.3) is 10.4 Å². The molecule has 1 fully saturated rings. The van der Waals surface area contributed by atoms with Crippen molar-refractivity contribution < 1.29 is 13.2 Å². The van der Waals surface area contributed by atoms with E-state index in [1.165, 1.54) is 11.3 Å². The molecule has 2 N–H and O–H groups in total. The summed E-state index contributed by atoms with van der Waals surface area (Å²) in [4.78, 5) is 3.17. The van der Waals surface area contributed by atoms with Gasteiger partial charge in [0.2, 0.25) is 0 Å². The number of methoxy groups -OCH3 is 1. The number of hydrogen-bond acceptors (Lipinski definition) is 6. The van der Waals surface area contributed by atoms with Crippen LogP contribution in [0.4, 0.5) is 11.4 Å². The van der Waals surface area contributed by atoms with Crippen LogP contribution in [0, 0.1) is 6.92 Å². The van der Waals surface area contributed by atoms with Crippen molar-refractivity contribution >= 4 is 32.7 Å². The summed E-state index contributed by atoms with van der Waals surface area (Å²) in [6.45, 7) is 7.95. The highest BCUT2D eigenvalue weighted by atomic mass is 32.2. The molecule has 0 aliphatic carbocycles. The van der Waals surface area contributed by atoms with E-state index < -0.39 is 10.0 Å². The summed E-state index contributed by atoms with van der Waals surface area (Å²) in [5.74, 6) is 0.729. The number of benzene rings is 2. The molecule has 6 nitrogen and oxygen atoms in total. The van der Waals surface area contributed by atoms with Crippen molar-refractivity contribution in [2.24, 2.45) is 0 Å². The fourth-order valence-electron chi connectivity index (χ4n) is 4.19. The van der Waals surface area contributed by atoms with Gasteiger partial charge >= 0.3 is 0 Å². The fraction of sp³-hybridized carbons (Fsp3) is 0.333. The number of hydrogen-bond donors (Lipinski definition) is 2. The number of rotatable bonds is 6. The molecule has 1 aliphatic rings. The highest BCUT2D eigenvalue weighted by Gasteiger charge is 2.25. The number of anilines is 2. The van der Waals surface area contributed by atoms with E-state index in [-0.39, 0.29) is 4.21 Å². The van der Waals surface area contributed by atoms with Crippen LogP contribution in [-0.4, -0.2) is 40.7 Å². The van der Waals surface area contributed by atoms with Crippen LogP contribution >= 0.6 is 11.3 Å². The predicted molar refractivity (Wildman–Crippen MR) is 133 cm³/mol. The Morgan fingerprint density at radius 1 is 1.06 bits per heavy atom. The zero-order valence-corrected chi connectivity index (χ0v) is 20.4. The normalized spacial score (nSPS) is 19.1. The van der Waals surface area contributed by atoms with E-state index in [0.717, 1.165) is 40.5 Å². The summed E-state index contributed by atoms with van der Waals surface area (Å²) in [5, 5.41) is 3.52. The van der Waals surface area contributed by atoms with Gasteiger partial charge in [-0.1, -0.05) is 24.3 Å². The Hall–Kier alpha value is -2.55. The molecule has 1 aromatic heterocycles. The minimum atomic E-state index is -3.71. The van der Waals surface area contributed by atoms with Crippen LogP contribution in [0.15, 0.2) is 58.8 Å². The van der Waals surface area contributed by atoms with Gasteiger partial charge in [0, 0.05) is 30.1 Å². The lowest BCUT2D eigenvalue weighted by Gasteiger charge is -2.38. The van der Waals surface area contributed by atoms with Crippen LogP contribution in [0.2, 0.25) is 0 Å². The second kappa shape index (κ2) is 9.13. The molecule has 1 saturated heterocycles. The summed E-state index contributed by atoms with van der Waals surface area (Å²) in [5.41, 5.74) is 3.57. The van der Waals surface area contributed by atoms with Crippen LogP contribution in [-0.2, 0) is 10.0 Å². The second-order valence-corrected chi connectivity index (χ2v) is 11.3. The topological polar surface area (TPSA) is 70.7 Å². The lowest BCUT2D eigenvalue weighted by molar-refractivity contribution is 0.391. The van der Waals surface area contributed by atoms with E-state index in [1.807, 2.05) is 49.4 Å². The Balaban J connectivity index is 1.60. The summed E-state index contributed by atoms with van der Waals surface area (Å²) >= 11 is 1.27. The van der Waals surface area contributed by atoms with E-state index in [1.54, 1.807) is 19.2 Å². The molecule has 32 heavy (non-hydrogen) atoms. The number of ether oxygens (including phenoxy) is 1. The predicted octanol–water partition coefficient (Wildman–Crippen LogP) is 4.72. The van der Waals surface area contributed by atoms with Crippen LogP contribution < -0.4 is 19.7 Å². The van der Waals surface area contributed by atoms with Crippen molar-refractivity contribution in [2.75, 3.05) is 29.8 Å². The smallest absolute Gasteiger partial charge is 0.271 e. The maximum Gasteiger partial charge on any atom is 0.271 e. The molecule has 0 radical (unpaired) electrons. The molecule has 170 valence electrons. The number of sulfonamides is 1. The Morgan fingerprint density at radius 2 is 1.78 bits per heavy atom. The average Bonchev–Trinajstić information content (AvgIpc) is 3.24. The van der Waals surface area contributed by atoms with Gasteiger partial charge in [-0.15, -0.1) is 11.3 Å².